The van der Waals surface area contributed by atoms with Gasteiger partial charge in [-0.3, -0.25) is 0 Å². The van der Waals surface area contributed by atoms with Crippen molar-refractivity contribution in [1.82, 2.24) is 0 Å². The van der Waals surface area contributed by atoms with Crippen molar-refractivity contribution in [3.63, 3.8) is 0 Å². The number of nitrogens with zero attached hydrogens (tertiary/aromatic N) is 1. The van der Waals surface area contributed by atoms with Crippen LogP contribution in [0, 0.1) is 46.4 Å². The Bertz CT molecular complexity index is 1300. The molecule has 0 fully saturated rings. The summed E-state index contributed by atoms with van der Waals surface area (Å²) in [5, 5.41) is 8.76. The Hall–Kier alpha value is -3.82. The van der Waals surface area contributed by atoms with E-state index < -0.39 is 51.7 Å². The molecule has 0 aromatic heterocycles. The number of hydrogen-bond acceptors (Lipinski definition) is 2. The van der Waals surface area contributed by atoms with Gasteiger partial charge >= 0.3 is 6.18 Å². The van der Waals surface area contributed by atoms with Gasteiger partial charge in [0.15, 0.2) is 5.82 Å². The summed E-state index contributed by atoms with van der Waals surface area (Å²) in [4.78, 5) is 0. The van der Waals surface area contributed by atoms with E-state index in [1.54, 1.807) is 6.92 Å². The van der Waals surface area contributed by atoms with E-state index in [0.717, 1.165) is 30.3 Å². The molecule has 3 aromatic carbocycles. The van der Waals surface area contributed by atoms with Crippen LogP contribution in [0.1, 0.15) is 34.7 Å². The molecule has 0 heterocycles. The molecule has 0 N–H and O–H groups in total. The van der Waals surface area contributed by atoms with Gasteiger partial charge in [0.2, 0.25) is 0 Å². The predicted octanol–water partition coefficient (Wildman–Crippen LogP) is 6.74. The molecule has 0 unspecified atom stereocenters. The molecule has 0 bridgehead atoms. The molecule has 2 nitrogen and oxygen atoms in total. The zero-order chi connectivity index (χ0) is 25.0. The number of rotatable bonds is 4. The maximum absolute atomic E-state index is 14.3. The van der Waals surface area contributed by atoms with Gasteiger partial charge in [0.1, 0.15) is 34.6 Å². The van der Waals surface area contributed by atoms with Gasteiger partial charge in [-0.25, -0.2) is 17.6 Å². The predicted molar refractivity (Wildman–Crippen MR) is 109 cm³/mol. The van der Waals surface area contributed by atoms with Crippen LogP contribution in [0.3, 0.4) is 0 Å². The fourth-order valence-electron chi connectivity index (χ4n) is 3.14. The Morgan fingerprint density at radius 1 is 0.853 bits per heavy atom. The molecule has 3 aromatic rings. The number of benzene rings is 3. The number of halogens is 7. The first-order chi connectivity index (χ1) is 16.1. The highest BCUT2D eigenvalue weighted by Gasteiger charge is 2.39. The standard InChI is InChI=1S/C25H14F7NO/c1-2-34-13-15-9-20(26)17(21(27)10-15)8-5-14-3-6-16(7-4-14)18-11-22(28)19(12-33)24(29)23(18)25(30,31)32/h3-4,6-7,9-11H,2,13H2,1H3. The molecule has 0 saturated heterocycles. The minimum Gasteiger partial charge on any atom is -0.377 e. The lowest BCUT2D eigenvalue weighted by molar-refractivity contribution is -0.139. The van der Waals surface area contributed by atoms with Crippen LogP contribution >= 0.6 is 0 Å². The third-order valence-electron chi connectivity index (χ3n) is 4.72. The maximum Gasteiger partial charge on any atom is 0.419 e. The fraction of sp³-hybridized carbons (Fsp3) is 0.160. The summed E-state index contributed by atoms with van der Waals surface area (Å²) < 4.78 is 102. The fourth-order valence-corrected chi connectivity index (χ4v) is 3.14. The van der Waals surface area contributed by atoms with E-state index in [1.807, 2.05) is 0 Å². The zero-order valence-electron chi connectivity index (χ0n) is 17.5. The second kappa shape index (κ2) is 9.98. The van der Waals surface area contributed by atoms with Gasteiger partial charge in [-0.2, -0.15) is 18.4 Å². The van der Waals surface area contributed by atoms with Crippen LogP contribution < -0.4 is 0 Å². The van der Waals surface area contributed by atoms with Gasteiger partial charge in [-0.15, -0.1) is 0 Å². The van der Waals surface area contributed by atoms with E-state index in [1.165, 1.54) is 12.1 Å². The SMILES string of the molecule is CCOCc1cc(F)c(C#Cc2ccc(-c3cc(F)c(C#N)c(F)c3C(F)(F)F)cc2)c(F)c1. The van der Waals surface area contributed by atoms with Crippen molar-refractivity contribution < 1.29 is 35.5 Å². The molecule has 0 spiro atoms. The van der Waals surface area contributed by atoms with Crippen LogP contribution in [-0.4, -0.2) is 6.61 Å². The molecule has 0 radical (unpaired) electrons. The Morgan fingerprint density at radius 3 is 1.97 bits per heavy atom. The van der Waals surface area contributed by atoms with E-state index in [2.05, 4.69) is 11.8 Å². The highest BCUT2D eigenvalue weighted by Crippen LogP contribution is 2.40. The van der Waals surface area contributed by atoms with Crippen molar-refractivity contribution in [1.29, 1.82) is 5.26 Å². The summed E-state index contributed by atoms with van der Waals surface area (Å²) in [6, 6.07) is 8.38. The van der Waals surface area contributed by atoms with Crippen molar-refractivity contribution in [3.8, 4) is 29.0 Å². The van der Waals surface area contributed by atoms with E-state index >= 15 is 0 Å². The average Bonchev–Trinajstić information content (AvgIpc) is 2.76. The van der Waals surface area contributed by atoms with Crippen LogP contribution in [-0.2, 0) is 17.5 Å². The largest absolute Gasteiger partial charge is 0.419 e. The molecule has 0 aliphatic heterocycles. The smallest absolute Gasteiger partial charge is 0.377 e. The molecule has 0 aliphatic carbocycles. The van der Waals surface area contributed by atoms with Gasteiger partial charge in [0.25, 0.3) is 0 Å². The van der Waals surface area contributed by atoms with Gasteiger partial charge in [0.05, 0.1) is 12.2 Å². The van der Waals surface area contributed by atoms with E-state index in [4.69, 9.17) is 10.00 Å². The van der Waals surface area contributed by atoms with Gasteiger partial charge in [-0.05, 0) is 53.9 Å². The molecule has 0 atom stereocenters. The molecule has 0 saturated carbocycles. The van der Waals surface area contributed by atoms with Crippen molar-refractivity contribution in [2.24, 2.45) is 0 Å². The molecule has 34 heavy (non-hydrogen) atoms. The molecule has 174 valence electrons. The van der Waals surface area contributed by atoms with Crippen molar-refractivity contribution in [3.05, 3.63) is 93.6 Å². The van der Waals surface area contributed by atoms with Crippen molar-refractivity contribution in [2.45, 2.75) is 19.7 Å². The van der Waals surface area contributed by atoms with Gasteiger partial charge < -0.3 is 4.74 Å². The van der Waals surface area contributed by atoms with Crippen LogP contribution in [0.25, 0.3) is 11.1 Å². The first-order valence-electron chi connectivity index (χ1n) is 9.74. The summed E-state index contributed by atoms with van der Waals surface area (Å²) in [6.45, 7) is 2.12. The summed E-state index contributed by atoms with van der Waals surface area (Å²) in [6.07, 6.45) is -5.19. The Kier molecular flexibility index (Phi) is 7.29. The Morgan fingerprint density at radius 2 is 1.44 bits per heavy atom. The summed E-state index contributed by atoms with van der Waals surface area (Å²) >= 11 is 0. The Labute approximate surface area is 190 Å². The first-order valence-corrected chi connectivity index (χ1v) is 9.74. The van der Waals surface area contributed by atoms with E-state index in [0.29, 0.717) is 12.7 Å². The molecule has 9 heteroatoms. The minimum atomic E-state index is -5.19. The Balaban J connectivity index is 1.97. The number of hydrogen-bond donors (Lipinski definition) is 0. The third-order valence-corrected chi connectivity index (χ3v) is 4.72. The maximum atomic E-state index is 14.3. The molecular formula is C25H14F7NO. The van der Waals surface area contributed by atoms with Gasteiger partial charge in [0, 0.05) is 12.2 Å². The highest BCUT2D eigenvalue weighted by molar-refractivity contribution is 5.70. The summed E-state index contributed by atoms with van der Waals surface area (Å²) in [5.74, 6) is -0.430. The lowest BCUT2D eigenvalue weighted by Gasteiger charge is -2.15. The quantitative estimate of drug-likeness (QED) is 0.308. The summed E-state index contributed by atoms with van der Waals surface area (Å²) in [5.41, 5.74) is -4.14. The van der Waals surface area contributed by atoms with E-state index in [-0.39, 0.29) is 23.3 Å². The topological polar surface area (TPSA) is 33.0 Å². The number of alkyl halides is 3. The lowest BCUT2D eigenvalue weighted by atomic mass is 9.95. The van der Waals surface area contributed by atoms with Crippen LogP contribution in [0.2, 0.25) is 0 Å². The summed E-state index contributed by atoms with van der Waals surface area (Å²) in [7, 11) is 0. The van der Waals surface area contributed by atoms with Crippen molar-refractivity contribution in [2.75, 3.05) is 6.61 Å². The van der Waals surface area contributed by atoms with Gasteiger partial charge in [-0.1, -0.05) is 24.0 Å². The monoisotopic (exact) mass is 477 g/mol. The van der Waals surface area contributed by atoms with Crippen LogP contribution in [0.15, 0.2) is 42.5 Å². The molecule has 0 amide bonds. The first kappa shape index (κ1) is 24.8. The highest BCUT2D eigenvalue weighted by atomic mass is 19.4. The molecule has 3 rings (SSSR count). The number of nitriles is 1. The van der Waals surface area contributed by atoms with Crippen LogP contribution in [0.5, 0.6) is 0 Å². The molecular weight excluding hydrogens is 463 g/mol. The van der Waals surface area contributed by atoms with Crippen molar-refractivity contribution >= 4 is 0 Å². The van der Waals surface area contributed by atoms with Crippen LogP contribution in [0.4, 0.5) is 30.7 Å². The lowest BCUT2D eigenvalue weighted by Crippen LogP contribution is -2.13. The second-order valence-corrected chi connectivity index (χ2v) is 6.98. The second-order valence-electron chi connectivity index (χ2n) is 6.98. The number of ether oxygens (including phenoxy) is 1. The molecule has 0 aliphatic rings. The third kappa shape index (κ3) is 5.22. The normalized spacial score (nSPS) is 11.0. The average molecular weight is 477 g/mol. The minimum absolute atomic E-state index is 0.0238. The van der Waals surface area contributed by atoms with E-state index in [9.17, 15) is 30.7 Å². The zero-order valence-corrected chi connectivity index (χ0v) is 17.5.